The minimum absolute atomic E-state index is 0.0102. The normalized spacial score (nSPS) is 14.4. The summed E-state index contributed by atoms with van der Waals surface area (Å²) in [6.07, 6.45) is 1.60. The quantitative estimate of drug-likeness (QED) is 0.502. The van der Waals surface area contributed by atoms with Gasteiger partial charge in [0.15, 0.2) is 17.3 Å². The molecule has 12 heteroatoms. The lowest BCUT2D eigenvalue weighted by Crippen LogP contribution is -2.15. The maximum absolute atomic E-state index is 11.5. The highest BCUT2D eigenvalue weighted by molar-refractivity contribution is 6.00. The number of carbonyl (C=O) groups is 1. The predicted octanol–water partition coefficient (Wildman–Crippen LogP) is 0.371. The Morgan fingerprint density at radius 2 is 1.74 bits per heavy atom. The summed E-state index contributed by atoms with van der Waals surface area (Å²) in [7, 11) is 0. The maximum Gasteiger partial charge on any atom is 0.271 e. The molecular weight excluding hydrogens is 302 g/mol. The Kier molecular flexibility index (Phi) is 2.86. The number of nitrogens with zero attached hydrogens (tertiary/aromatic N) is 6. The minimum atomic E-state index is -0.680. The molecule has 12 nitrogen and oxygen atoms in total. The standard InChI is InChI=1S/C11H11N11O/c12-7(23)5-6-9(17-3-15-6)20-11(18-5)22-21-10-13-1-4-8(19-10)16-2-14-4/h1,14-15H,2-3H2,(H2,12,23)(H,13,16,19)(H,17,18,20)/b22-21+. The number of aromatic nitrogens is 4. The molecule has 2 aromatic rings. The van der Waals surface area contributed by atoms with Crippen LogP contribution in [0.25, 0.3) is 0 Å². The van der Waals surface area contributed by atoms with Crippen LogP contribution in [0.15, 0.2) is 16.4 Å². The summed E-state index contributed by atoms with van der Waals surface area (Å²) in [6, 6.07) is 0. The monoisotopic (exact) mass is 313 g/mol. The van der Waals surface area contributed by atoms with Gasteiger partial charge >= 0.3 is 0 Å². The summed E-state index contributed by atoms with van der Waals surface area (Å²) < 4.78 is 0. The van der Waals surface area contributed by atoms with Gasteiger partial charge in [-0.2, -0.15) is 9.97 Å². The van der Waals surface area contributed by atoms with Crippen LogP contribution in [0.1, 0.15) is 10.5 Å². The molecule has 2 aliphatic rings. The average Bonchev–Trinajstić information content (AvgIpc) is 3.20. The van der Waals surface area contributed by atoms with E-state index in [4.69, 9.17) is 5.73 Å². The third kappa shape index (κ3) is 2.31. The molecule has 0 spiro atoms. The first-order valence-electron chi connectivity index (χ1n) is 6.67. The van der Waals surface area contributed by atoms with Crippen LogP contribution in [0.4, 0.5) is 34.9 Å². The molecule has 4 heterocycles. The van der Waals surface area contributed by atoms with Crippen LogP contribution in [0.5, 0.6) is 0 Å². The van der Waals surface area contributed by atoms with E-state index in [1.807, 2.05) is 0 Å². The van der Waals surface area contributed by atoms with Gasteiger partial charge < -0.3 is 27.0 Å². The van der Waals surface area contributed by atoms with Crippen LogP contribution in [0.2, 0.25) is 0 Å². The summed E-state index contributed by atoms with van der Waals surface area (Å²) in [4.78, 5) is 27.8. The van der Waals surface area contributed by atoms with Gasteiger partial charge in [-0.15, -0.1) is 10.2 Å². The van der Waals surface area contributed by atoms with Gasteiger partial charge in [-0.1, -0.05) is 0 Å². The van der Waals surface area contributed by atoms with E-state index in [2.05, 4.69) is 51.4 Å². The fourth-order valence-corrected chi connectivity index (χ4v) is 2.18. The number of fused-ring (bicyclic) bond motifs is 2. The molecule has 2 aliphatic heterocycles. The van der Waals surface area contributed by atoms with Crippen LogP contribution < -0.4 is 27.0 Å². The lowest BCUT2D eigenvalue weighted by atomic mass is 10.3. The number of anilines is 4. The number of nitrogens with one attached hydrogen (secondary N) is 4. The molecule has 0 saturated carbocycles. The number of carbonyl (C=O) groups excluding carboxylic acids is 1. The molecule has 0 radical (unpaired) electrons. The van der Waals surface area contributed by atoms with Gasteiger partial charge in [-0.05, 0) is 0 Å². The molecule has 0 aromatic carbocycles. The molecule has 116 valence electrons. The van der Waals surface area contributed by atoms with Crippen LogP contribution in [0.3, 0.4) is 0 Å². The summed E-state index contributed by atoms with van der Waals surface area (Å²) in [5.74, 6) is 0.552. The number of hydrogen-bond acceptors (Lipinski definition) is 11. The Morgan fingerprint density at radius 1 is 1.00 bits per heavy atom. The first kappa shape index (κ1) is 13.1. The Balaban J connectivity index is 1.66. The van der Waals surface area contributed by atoms with Crippen molar-refractivity contribution >= 4 is 40.8 Å². The molecule has 2 aromatic heterocycles. The largest absolute Gasteiger partial charge is 0.364 e. The number of azo groups is 1. The molecule has 4 rings (SSSR count). The van der Waals surface area contributed by atoms with E-state index in [1.54, 1.807) is 6.20 Å². The summed E-state index contributed by atoms with van der Waals surface area (Å²) >= 11 is 0. The first-order chi connectivity index (χ1) is 11.2. The zero-order valence-electron chi connectivity index (χ0n) is 11.7. The van der Waals surface area contributed by atoms with Crippen LogP contribution >= 0.6 is 0 Å². The van der Waals surface area contributed by atoms with E-state index in [9.17, 15) is 4.79 Å². The van der Waals surface area contributed by atoms with Gasteiger partial charge in [0.2, 0.25) is 0 Å². The Labute approximate surface area is 129 Å². The van der Waals surface area contributed by atoms with E-state index in [0.29, 0.717) is 30.7 Å². The van der Waals surface area contributed by atoms with Gasteiger partial charge in [0.1, 0.15) is 5.69 Å². The number of amides is 1. The highest BCUT2D eigenvalue weighted by atomic mass is 16.1. The highest BCUT2D eigenvalue weighted by Gasteiger charge is 2.21. The molecule has 0 aliphatic carbocycles. The van der Waals surface area contributed by atoms with Gasteiger partial charge in [-0.3, -0.25) is 4.79 Å². The third-order valence-electron chi connectivity index (χ3n) is 3.19. The fourth-order valence-electron chi connectivity index (χ4n) is 2.18. The lowest BCUT2D eigenvalue weighted by Gasteiger charge is -2.03. The van der Waals surface area contributed by atoms with Crippen molar-refractivity contribution in [2.45, 2.75) is 0 Å². The average molecular weight is 313 g/mol. The zero-order valence-corrected chi connectivity index (χ0v) is 11.7. The second-order valence-corrected chi connectivity index (χ2v) is 4.65. The molecule has 6 N–H and O–H groups in total. The highest BCUT2D eigenvalue weighted by Crippen LogP contribution is 2.29. The fraction of sp³-hybridized carbons (Fsp3) is 0.182. The van der Waals surface area contributed by atoms with E-state index < -0.39 is 5.91 Å². The van der Waals surface area contributed by atoms with E-state index in [-0.39, 0.29) is 17.6 Å². The summed E-state index contributed by atoms with van der Waals surface area (Å²) in [6.45, 7) is 1.01. The number of nitrogens with two attached hydrogens (primary N) is 1. The molecule has 0 fully saturated rings. The lowest BCUT2D eigenvalue weighted by molar-refractivity contribution is 0.0996. The molecule has 23 heavy (non-hydrogen) atoms. The minimum Gasteiger partial charge on any atom is -0.364 e. The second-order valence-electron chi connectivity index (χ2n) is 4.65. The van der Waals surface area contributed by atoms with Crippen LogP contribution in [-0.4, -0.2) is 39.2 Å². The Morgan fingerprint density at radius 3 is 2.61 bits per heavy atom. The first-order valence-corrected chi connectivity index (χ1v) is 6.67. The topological polar surface area (TPSA) is 167 Å². The van der Waals surface area contributed by atoms with E-state index in [0.717, 1.165) is 5.69 Å². The number of primary amides is 1. The van der Waals surface area contributed by atoms with E-state index >= 15 is 0 Å². The Bertz CT molecular complexity index is 833. The molecular formula is C11H11N11O. The van der Waals surface area contributed by atoms with Crippen molar-refractivity contribution in [3.63, 3.8) is 0 Å². The Hall–Kier alpha value is -3.57. The van der Waals surface area contributed by atoms with Crippen molar-refractivity contribution in [3.8, 4) is 0 Å². The molecule has 0 bridgehead atoms. The van der Waals surface area contributed by atoms with Crippen molar-refractivity contribution in [2.75, 3.05) is 34.6 Å². The zero-order chi connectivity index (χ0) is 15.8. The summed E-state index contributed by atoms with van der Waals surface area (Å²) in [5, 5.41) is 19.7. The van der Waals surface area contributed by atoms with Gasteiger partial charge in [0.25, 0.3) is 17.8 Å². The van der Waals surface area contributed by atoms with Crippen molar-refractivity contribution in [1.82, 2.24) is 19.9 Å². The molecule has 1 amide bonds. The van der Waals surface area contributed by atoms with Gasteiger partial charge in [0, 0.05) is 0 Å². The van der Waals surface area contributed by atoms with Gasteiger partial charge in [-0.25, -0.2) is 9.97 Å². The molecule has 0 unspecified atom stereocenters. The second kappa shape index (κ2) is 5.01. The predicted molar refractivity (Wildman–Crippen MR) is 81.0 cm³/mol. The number of rotatable bonds is 3. The van der Waals surface area contributed by atoms with Crippen molar-refractivity contribution in [1.29, 1.82) is 0 Å². The summed E-state index contributed by atoms with van der Waals surface area (Å²) in [5.41, 5.74) is 6.62. The SMILES string of the molecule is NC(=O)c1nc(/N=N/c2ncc3c(n2)NCN3)nc2c1NCN2. The van der Waals surface area contributed by atoms with E-state index in [1.165, 1.54) is 0 Å². The maximum atomic E-state index is 11.5. The third-order valence-corrected chi connectivity index (χ3v) is 3.19. The van der Waals surface area contributed by atoms with Crippen molar-refractivity contribution in [3.05, 3.63) is 11.9 Å². The molecule has 0 atom stereocenters. The van der Waals surface area contributed by atoms with Crippen LogP contribution in [-0.2, 0) is 0 Å². The van der Waals surface area contributed by atoms with Gasteiger partial charge in [0.05, 0.1) is 25.2 Å². The van der Waals surface area contributed by atoms with Crippen molar-refractivity contribution < 1.29 is 4.79 Å². The smallest absolute Gasteiger partial charge is 0.271 e. The number of hydrogen-bond donors (Lipinski definition) is 5. The molecule has 0 saturated heterocycles. The van der Waals surface area contributed by atoms with Crippen LogP contribution in [0, 0.1) is 0 Å². The van der Waals surface area contributed by atoms with Crippen molar-refractivity contribution in [2.24, 2.45) is 16.0 Å².